The van der Waals surface area contributed by atoms with Gasteiger partial charge in [-0.3, -0.25) is 0 Å². The quantitative estimate of drug-likeness (QED) is 0.508. The number of carboxylic acid groups (broad SMARTS) is 1. The molecule has 0 aliphatic heterocycles. The van der Waals surface area contributed by atoms with Gasteiger partial charge in [-0.15, -0.1) is 0 Å². The Balaban J connectivity index is 3.24. The van der Waals surface area contributed by atoms with Gasteiger partial charge >= 0.3 is 12.2 Å². The topological polar surface area (TPSA) is 87.7 Å². The molecule has 0 bridgehead atoms. The average Bonchev–Trinajstić information content (AvgIpc) is 1.87. The molecule has 0 aromatic rings. The van der Waals surface area contributed by atoms with E-state index in [1.54, 1.807) is 6.92 Å². The Morgan fingerprint density at radius 3 is 2.55 bits per heavy atom. The molecule has 0 radical (unpaired) electrons. The van der Waals surface area contributed by atoms with E-state index in [9.17, 15) is 9.59 Å². The Labute approximate surface area is 63.5 Å². The number of carbonyl (C=O) groups excluding carboxylic acids is 1. The third-order valence-corrected chi connectivity index (χ3v) is 0.748. The van der Waals surface area contributed by atoms with Crippen molar-refractivity contribution in [2.45, 2.75) is 6.92 Å². The van der Waals surface area contributed by atoms with Crippen LogP contribution in [-0.2, 0) is 4.74 Å². The number of rotatable bonds is 3. The fraction of sp³-hybridized carbons (Fsp3) is 0.600. The van der Waals surface area contributed by atoms with Gasteiger partial charge in [0.2, 0.25) is 0 Å². The van der Waals surface area contributed by atoms with Crippen LogP contribution >= 0.6 is 0 Å². The molecule has 0 aliphatic carbocycles. The zero-order valence-corrected chi connectivity index (χ0v) is 6.09. The van der Waals surface area contributed by atoms with Gasteiger partial charge in [0.1, 0.15) is 0 Å². The first-order chi connectivity index (χ1) is 5.16. The summed E-state index contributed by atoms with van der Waals surface area (Å²) in [5.41, 5.74) is 0. The maximum atomic E-state index is 10.5. The Morgan fingerprint density at radius 1 is 1.45 bits per heavy atom. The van der Waals surface area contributed by atoms with Gasteiger partial charge in [0.15, 0.2) is 0 Å². The van der Waals surface area contributed by atoms with Crippen LogP contribution in [0, 0.1) is 0 Å². The van der Waals surface area contributed by atoms with Crippen LogP contribution in [0.2, 0.25) is 0 Å². The van der Waals surface area contributed by atoms with E-state index in [4.69, 9.17) is 5.11 Å². The molecule has 0 saturated carbocycles. The Hall–Kier alpha value is -1.46. The van der Waals surface area contributed by atoms with Crippen molar-refractivity contribution in [3.05, 3.63) is 0 Å². The van der Waals surface area contributed by atoms with Gasteiger partial charge in [0.25, 0.3) is 0 Å². The predicted molar refractivity (Wildman–Crippen MR) is 36.2 cm³/mol. The second-order valence-corrected chi connectivity index (χ2v) is 1.56. The minimum absolute atomic E-state index is 0.145. The maximum Gasteiger partial charge on any atom is 0.408 e. The van der Waals surface area contributed by atoms with Crippen LogP contribution in [0.15, 0.2) is 0 Å². The number of hydrogen-bond donors (Lipinski definition) is 3. The number of hydrogen-bond acceptors (Lipinski definition) is 3. The molecular formula is C5H10N2O4. The molecule has 0 unspecified atom stereocenters. The van der Waals surface area contributed by atoms with Gasteiger partial charge in [-0.05, 0) is 6.92 Å². The predicted octanol–water partition coefficient (Wildman–Crippen LogP) is -0.0424. The Morgan fingerprint density at radius 2 is 2.09 bits per heavy atom. The van der Waals surface area contributed by atoms with Crippen molar-refractivity contribution in [3.63, 3.8) is 0 Å². The molecule has 0 heterocycles. The highest BCUT2D eigenvalue weighted by Crippen LogP contribution is 1.73. The molecule has 0 aliphatic rings. The molecular weight excluding hydrogens is 152 g/mol. The van der Waals surface area contributed by atoms with Gasteiger partial charge in [-0.1, -0.05) is 0 Å². The van der Waals surface area contributed by atoms with Crippen LogP contribution in [0.1, 0.15) is 6.92 Å². The van der Waals surface area contributed by atoms with E-state index in [2.05, 4.69) is 10.1 Å². The lowest BCUT2D eigenvalue weighted by Crippen LogP contribution is -2.36. The van der Waals surface area contributed by atoms with Crippen LogP contribution in [0.25, 0.3) is 0 Å². The smallest absolute Gasteiger partial charge is 0.408 e. The summed E-state index contributed by atoms with van der Waals surface area (Å²) in [7, 11) is 0. The number of carbonyl (C=O) groups is 2. The van der Waals surface area contributed by atoms with Crippen LogP contribution in [0.4, 0.5) is 9.59 Å². The van der Waals surface area contributed by atoms with E-state index in [-0.39, 0.29) is 13.3 Å². The first-order valence-corrected chi connectivity index (χ1v) is 3.04. The third kappa shape index (κ3) is 6.42. The van der Waals surface area contributed by atoms with Gasteiger partial charge in [-0.25, -0.2) is 9.59 Å². The Kier molecular flexibility index (Phi) is 4.63. The molecule has 3 N–H and O–H groups in total. The van der Waals surface area contributed by atoms with Crippen LogP contribution < -0.4 is 10.6 Å². The van der Waals surface area contributed by atoms with E-state index < -0.39 is 12.2 Å². The molecule has 0 atom stereocenters. The minimum Gasteiger partial charge on any atom is -0.465 e. The summed E-state index contributed by atoms with van der Waals surface area (Å²) in [6, 6.07) is 0. The molecule has 0 saturated heterocycles. The van der Waals surface area contributed by atoms with Gasteiger partial charge in [-0.2, -0.15) is 0 Å². The minimum atomic E-state index is -1.19. The zero-order chi connectivity index (χ0) is 8.69. The van der Waals surface area contributed by atoms with Gasteiger partial charge in [0.05, 0.1) is 13.3 Å². The standard InChI is InChI=1S/C5H10N2O4/c1-2-11-5(10)7-3-6-4(8)9/h6H,2-3H2,1H3,(H,7,10)(H,8,9). The summed E-state index contributed by atoms with van der Waals surface area (Å²) >= 11 is 0. The highest BCUT2D eigenvalue weighted by molar-refractivity contribution is 5.68. The largest absolute Gasteiger partial charge is 0.465 e. The highest BCUT2D eigenvalue weighted by Gasteiger charge is 1.98. The summed E-state index contributed by atoms with van der Waals surface area (Å²) in [5, 5.41) is 12.2. The second kappa shape index (κ2) is 5.33. The molecule has 11 heavy (non-hydrogen) atoms. The molecule has 0 aromatic carbocycles. The molecule has 0 rings (SSSR count). The SMILES string of the molecule is CCOC(=O)NCNC(=O)O. The van der Waals surface area contributed by atoms with Crippen molar-refractivity contribution in [2.75, 3.05) is 13.3 Å². The van der Waals surface area contributed by atoms with E-state index in [0.29, 0.717) is 0 Å². The lowest BCUT2D eigenvalue weighted by Gasteiger charge is -2.03. The van der Waals surface area contributed by atoms with Crippen molar-refractivity contribution >= 4 is 12.2 Å². The third-order valence-electron chi connectivity index (χ3n) is 0.748. The number of ether oxygens (including phenoxy) is 1. The van der Waals surface area contributed by atoms with Crippen LogP contribution in [0.5, 0.6) is 0 Å². The second-order valence-electron chi connectivity index (χ2n) is 1.56. The maximum absolute atomic E-state index is 10.5. The van der Waals surface area contributed by atoms with Gasteiger partial charge in [0, 0.05) is 0 Å². The fourth-order valence-electron chi connectivity index (χ4n) is 0.374. The highest BCUT2D eigenvalue weighted by atomic mass is 16.5. The summed E-state index contributed by atoms with van der Waals surface area (Å²) in [5.74, 6) is 0. The molecule has 6 heteroatoms. The molecule has 2 amide bonds. The average molecular weight is 162 g/mol. The fourth-order valence-corrected chi connectivity index (χ4v) is 0.374. The number of amides is 2. The lowest BCUT2D eigenvalue weighted by molar-refractivity contribution is 0.150. The van der Waals surface area contributed by atoms with Crippen LogP contribution in [0.3, 0.4) is 0 Å². The van der Waals surface area contributed by atoms with Crippen molar-refractivity contribution in [3.8, 4) is 0 Å². The van der Waals surface area contributed by atoms with E-state index in [1.807, 2.05) is 5.32 Å². The molecule has 0 spiro atoms. The lowest BCUT2D eigenvalue weighted by atomic mass is 10.8. The van der Waals surface area contributed by atoms with Crippen LogP contribution in [-0.4, -0.2) is 30.6 Å². The first kappa shape index (κ1) is 9.54. The summed E-state index contributed by atoms with van der Waals surface area (Å²) in [6.07, 6.45) is -1.83. The van der Waals surface area contributed by atoms with Crippen molar-refractivity contribution < 1.29 is 19.4 Å². The molecule has 6 nitrogen and oxygen atoms in total. The Bertz CT molecular complexity index is 147. The monoisotopic (exact) mass is 162 g/mol. The molecule has 64 valence electrons. The molecule has 0 aromatic heterocycles. The normalized spacial score (nSPS) is 8.45. The summed E-state index contributed by atoms with van der Waals surface area (Å²) in [4.78, 5) is 20.3. The number of nitrogens with one attached hydrogen (secondary N) is 2. The van der Waals surface area contributed by atoms with Crippen molar-refractivity contribution in [1.82, 2.24) is 10.6 Å². The summed E-state index contributed by atoms with van der Waals surface area (Å²) in [6.45, 7) is 1.78. The summed E-state index contributed by atoms with van der Waals surface area (Å²) < 4.78 is 4.44. The number of alkyl carbamates (subject to hydrolysis) is 1. The van der Waals surface area contributed by atoms with Crippen molar-refractivity contribution in [1.29, 1.82) is 0 Å². The van der Waals surface area contributed by atoms with E-state index >= 15 is 0 Å². The van der Waals surface area contributed by atoms with E-state index in [0.717, 1.165) is 0 Å². The molecule has 0 fully saturated rings. The van der Waals surface area contributed by atoms with E-state index in [1.165, 1.54) is 0 Å². The first-order valence-electron chi connectivity index (χ1n) is 3.04. The van der Waals surface area contributed by atoms with Crippen molar-refractivity contribution in [2.24, 2.45) is 0 Å². The van der Waals surface area contributed by atoms with Gasteiger partial charge < -0.3 is 20.5 Å². The zero-order valence-electron chi connectivity index (χ0n) is 6.09.